The highest BCUT2D eigenvalue weighted by Crippen LogP contribution is 2.22. The number of para-hydroxylation sites is 1. The lowest BCUT2D eigenvalue weighted by Gasteiger charge is -2.17. The maximum atomic E-state index is 5.82. The first-order chi connectivity index (χ1) is 10.0. The average molecular weight is 284 g/mol. The van der Waals surface area contributed by atoms with Gasteiger partial charge in [0.2, 0.25) is 0 Å². The van der Waals surface area contributed by atoms with Gasteiger partial charge in [-0.25, -0.2) is 0 Å². The van der Waals surface area contributed by atoms with Gasteiger partial charge in [0.25, 0.3) is 0 Å². The molecular weight excluding hydrogens is 260 g/mol. The molecule has 0 bridgehead atoms. The zero-order valence-corrected chi connectivity index (χ0v) is 13.1. The van der Waals surface area contributed by atoms with Crippen molar-refractivity contribution in [2.45, 2.75) is 33.8 Å². The Balaban J connectivity index is 1.86. The van der Waals surface area contributed by atoms with Crippen LogP contribution >= 0.6 is 0 Å². The van der Waals surface area contributed by atoms with Crippen molar-refractivity contribution >= 4 is 0 Å². The van der Waals surface area contributed by atoms with Gasteiger partial charge in [-0.15, -0.1) is 0 Å². The van der Waals surface area contributed by atoms with E-state index < -0.39 is 0 Å². The fourth-order valence-electron chi connectivity index (χ4n) is 1.89. The van der Waals surface area contributed by atoms with E-state index in [9.17, 15) is 0 Å². The molecule has 0 aliphatic rings. The third kappa shape index (κ3) is 6.01. The van der Waals surface area contributed by atoms with Gasteiger partial charge in [0, 0.05) is 6.61 Å². The minimum absolute atomic E-state index is 0.318. The summed E-state index contributed by atoms with van der Waals surface area (Å²) in [5.74, 6) is 1.70. The summed E-state index contributed by atoms with van der Waals surface area (Å²) in [6, 6.07) is 17.9. The molecule has 0 heterocycles. The molecule has 0 unspecified atom stereocenters. The molecule has 0 saturated carbocycles. The van der Waals surface area contributed by atoms with Crippen LogP contribution in [0.1, 0.15) is 32.8 Å². The van der Waals surface area contributed by atoms with E-state index in [0.29, 0.717) is 12.0 Å². The molecule has 0 N–H and O–H groups in total. The average Bonchev–Trinajstić information content (AvgIpc) is 2.44. The van der Waals surface area contributed by atoms with Crippen LogP contribution in [0.15, 0.2) is 54.6 Å². The summed E-state index contributed by atoms with van der Waals surface area (Å²) < 4.78 is 11.6. The lowest BCUT2D eigenvalue weighted by molar-refractivity contribution is 0.0961. The van der Waals surface area contributed by atoms with Crippen molar-refractivity contribution in [2.24, 2.45) is 5.41 Å². The molecule has 0 aromatic heterocycles. The fraction of sp³-hybridized carbons (Fsp3) is 0.368. The summed E-state index contributed by atoms with van der Waals surface area (Å²) >= 11 is 0. The third-order valence-corrected chi connectivity index (χ3v) is 3.14. The van der Waals surface area contributed by atoms with Crippen molar-refractivity contribution in [2.75, 3.05) is 6.61 Å². The molecule has 21 heavy (non-hydrogen) atoms. The number of hydrogen-bond donors (Lipinski definition) is 0. The zero-order valence-electron chi connectivity index (χ0n) is 13.1. The molecule has 0 atom stereocenters. The Bertz CT molecular complexity index is 541. The molecule has 0 saturated heterocycles. The molecular formula is C19H24O2. The molecule has 0 aliphatic heterocycles. The van der Waals surface area contributed by atoms with Gasteiger partial charge < -0.3 is 9.47 Å². The van der Waals surface area contributed by atoms with Gasteiger partial charge in [-0.05, 0) is 41.7 Å². The topological polar surface area (TPSA) is 18.5 Å². The molecule has 112 valence electrons. The highest BCUT2D eigenvalue weighted by Gasteiger charge is 2.09. The van der Waals surface area contributed by atoms with Crippen molar-refractivity contribution in [3.8, 4) is 11.5 Å². The number of benzene rings is 2. The molecule has 2 rings (SSSR count). The van der Waals surface area contributed by atoms with Crippen LogP contribution in [0.3, 0.4) is 0 Å². The fourth-order valence-corrected chi connectivity index (χ4v) is 1.89. The van der Waals surface area contributed by atoms with Gasteiger partial charge in [0.15, 0.2) is 0 Å². The minimum atomic E-state index is 0.318. The van der Waals surface area contributed by atoms with Crippen molar-refractivity contribution in [3.05, 3.63) is 60.2 Å². The first-order valence-corrected chi connectivity index (χ1v) is 7.42. The number of ether oxygens (including phenoxy) is 2. The van der Waals surface area contributed by atoms with Crippen LogP contribution in [0.2, 0.25) is 0 Å². The van der Waals surface area contributed by atoms with Crippen LogP contribution in [0.25, 0.3) is 0 Å². The third-order valence-electron chi connectivity index (χ3n) is 3.14. The van der Waals surface area contributed by atoms with E-state index in [1.54, 1.807) is 0 Å². The second kappa shape index (κ2) is 7.28. The van der Waals surface area contributed by atoms with Crippen molar-refractivity contribution in [3.63, 3.8) is 0 Å². The van der Waals surface area contributed by atoms with E-state index in [-0.39, 0.29) is 0 Å². The van der Waals surface area contributed by atoms with Crippen LogP contribution in [-0.4, -0.2) is 6.61 Å². The highest BCUT2D eigenvalue weighted by atomic mass is 16.5. The van der Waals surface area contributed by atoms with E-state index in [4.69, 9.17) is 9.47 Å². The Kier molecular flexibility index (Phi) is 5.40. The summed E-state index contributed by atoms with van der Waals surface area (Å²) in [7, 11) is 0. The SMILES string of the molecule is CC(C)(C)CCOCc1cccc(Oc2ccccc2)c1. The predicted molar refractivity (Wildman–Crippen MR) is 86.7 cm³/mol. The van der Waals surface area contributed by atoms with Gasteiger partial charge in [-0.1, -0.05) is 51.1 Å². The zero-order chi connectivity index (χ0) is 15.1. The quantitative estimate of drug-likeness (QED) is 0.658. The summed E-state index contributed by atoms with van der Waals surface area (Å²) in [5.41, 5.74) is 1.45. The molecule has 0 radical (unpaired) electrons. The van der Waals surface area contributed by atoms with Gasteiger partial charge in [-0.2, -0.15) is 0 Å². The molecule has 2 aromatic carbocycles. The van der Waals surface area contributed by atoms with E-state index in [1.807, 2.05) is 48.5 Å². The van der Waals surface area contributed by atoms with E-state index in [1.165, 1.54) is 0 Å². The van der Waals surface area contributed by atoms with Crippen LogP contribution in [-0.2, 0) is 11.3 Å². The van der Waals surface area contributed by atoms with Crippen LogP contribution < -0.4 is 4.74 Å². The summed E-state index contributed by atoms with van der Waals surface area (Å²) in [6.45, 7) is 8.09. The Labute approximate surface area is 127 Å². The van der Waals surface area contributed by atoms with Crippen LogP contribution in [0.4, 0.5) is 0 Å². The Morgan fingerprint density at radius 1 is 0.857 bits per heavy atom. The molecule has 0 fully saturated rings. The Morgan fingerprint density at radius 2 is 1.57 bits per heavy atom. The van der Waals surface area contributed by atoms with Gasteiger partial charge >= 0.3 is 0 Å². The maximum absolute atomic E-state index is 5.82. The van der Waals surface area contributed by atoms with Crippen LogP contribution in [0, 0.1) is 5.41 Å². The van der Waals surface area contributed by atoms with Crippen molar-refractivity contribution in [1.29, 1.82) is 0 Å². The summed E-state index contributed by atoms with van der Waals surface area (Å²) in [6.07, 6.45) is 1.06. The first-order valence-electron chi connectivity index (χ1n) is 7.42. The lowest BCUT2D eigenvalue weighted by atomic mass is 9.93. The van der Waals surface area contributed by atoms with Crippen LogP contribution in [0.5, 0.6) is 11.5 Å². The number of hydrogen-bond acceptors (Lipinski definition) is 2. The highest BCUT2D eigenvalue weighted by molar-refractivity contribution is 5.33. The van der Waals surface area contributed by atoms with Crippen molar-refractivity contribution < 1.29 is 9.47 Å². The molecule has 2 heteroatoms. The van der Waals surface area contributed by atoms with Gasteiger partial charge in [0.1, 0.15) is 11.5 Å². The molecule has 2 aromatic rings. The number of rotatable bonds is 6. The smallest absolute Gasteiger partial charge is 0.127 e. The lowest BCUT2D eigenvalue weighted by Crippen LogP contribution is -2.09. The normalized spacial score (nSPS) is 11.4. The molecule has 0 aliphatic carbocycles. The van der Waals surface area contributed by atoms with Crippen molar-refractivity contribution in [1.82, 2.24) is 0 Å². The predicted octanol–water partition coefficient (Wildman–Crippen LogP) is 5.43. The second-order valence-corrected chi connectivity index (χ2v) is 6.43. The van der Waals surface area contributed by atoms with E-state index in [2.05, 4.69) is 26.8 Å². The summed E-state index contributed by atoms with van der Waals surface area (Å²) in [5, 5.41) is 0. The van der Waals surface area contributed by atoms with Gasteiger partial charge in [-0.3, -0.25) is 0 Å². The second-order valence-electron chi connectivity index (χ2n) is 6.43. The molecule has 0 amide bonds. The summed E-state index contributed by atoms with van der Waals surface area (Å²) in [4.78, 5) is 0. The molecule has 2 nitrogen and oxygen atoms in total. The maximum Gasteiger partial charge on any atom is 0.127 e. The molecule has 0 spiro atoms. The largest absolute Gasteiger partial charge is 0.457 e. The Hall–Kier alpha value is -1.80. The first kappa shape index (κ1) is 15.6. The van der Waals surface area contributed by atoms with E-state index in [0.717, 1.165) is 30.1 Å². The van der Waals surface area contributed by atoms with E-state index >= 15 is 0 Å². The monoisotopic (exact) mass is 284 g/mol. The Morgan fingerprint density at radius 3 is 2.29 bits per heavy atom. The van der Waals surface area contributed by atoms with Gasteiger partial charge in [0.05, 0.1) is 6.61 Å². The standard InChI is InChI=1S/C19H24O2/c1-19(2,3)12-13-20-15-16-8-7-11-18(14-16)21-17-9-5-4-6-10-17/h4-11,14H,12-13,15H2,1-3H3. The minimum Gasteiger partial charge on any atom is -0.457 e.